The zero-order valence-corrected chi connectivity index (χ0v) is 32.4. The first-order valence-electron chi connectivity index (χ1n) is 16.1. The van der Waals surface area contributed by atoms with Crippen molar-refractivity contribution in [2.75, 3.05) is 0 Å². The van der Waals surface area contributed by atoms with E-state index in [2.05, 4.69) is 22.5 Å². The van der Waals surface area contributed by atoms with E-state index in [-0.39, 0.29) is 41.7 Å². The first-order valence-corrected chi connectivity index (χ1v) is 30.4. The fourth-order valence-corrected chi connectivity index (χ4v) is 40.6. The van der Waals surface area contributed by atoms with Crippen LogP contribution in [-0.4, -0.2) is 8.07 Å². The maximum absolute atomic E-state index is 13.8. The van der Waals surface area contributed by atoms with Crippen LogP contribution >= 0.6 is 0 Å². The molecule has 0 amide bonds. The Balaban J connectivity index is 1.41. The molecule has 1 saturated heterocycles. The Kier molecular flexibility index (Phi) is 8.21. The van der Waals surface area contributed by atoms with Crippen LogP contribution in [0.25, 0.3) is 34.4 Å². The summed E-state index contributed by atoms with van der Waals surface area (Å²) >= 11 is -3.87. The van der Waals surface area contributed by atoms with Crippen molar-refractivity contribution in [3.8, 4) is 22.3 Å². The van der Waals surface area contributed by atoms with Gasteiger partial charge in [-0.2, -0.15) is 0 Å². The van der Waals surface area contributed by atoms with Crippen LogP contribution in [0.15, 0.2) is 83.2 Å². The number of fused-ring (bicyclic) bond motifs is 6. The number of benzene rings is 4. The third-order valence-corrected chi connectivity index (χ3v) is 31.8. The molecule has 1 aliphatic heterocycles. The molecule has 0 bridgehead atoms. The topological polar surface area (TPSA) is 0 Å². The summed E-state index contributed by atoms with van der Waals surface area (Å²) < 4.78 is 170. The van der Waals surface area contributed by atoms with E-state index < -0.39 is 75.0 Å². The number of allylic oxidation sites excluding steroid dienone is 2. The van der Waals surface area contributed by atoms with Crippen molar-refractivity contribution >= 4 is 20.2 Å². The Bertz CT molecular complexity index is 2000. The number of rotatable bonds is 2. The van der Waals surface area contributed by atoms with E-state index in [1.54, 1.807) is 12.1 Å². The average Bonchev–Trinajstić information content (AvgIpc) is 3.64. The molecule has 2 aliphatic carbocycles. The molecular weight excluding hydrogens is 891 g/mol. The standard InChI is InChI=1S/C36H22F12Si.2CH3.Hf/c1-49(2,27-13-19-5-3-7-29(31(19)17-27)21-9-23(33(37,38)39)15-24(10-21)34(40,41)42)28-14-20-6-4-8-30(32(20)18-28)22-11-25(35(43,44)45)16-26(12-22)36(46,47)48;;;/h3-18H,1-2H3;2*1H3;. The summed E-state index contributed by atoms with van der Waals surface area (Å²) in [7, 11) is -2.69. The van der Waals surface area contributed by atoms with Gasteiger partial charge in [0.2, 0.25) is 0 Å². The Labute approximate surface area is 296 Å². The van der Waals surface area contributed by atoms with E-state index in [1.165, 1.54) is 12.1 Å². The SMILES string of the molecule is C[Si]1(C)C2=Cc3c(-c4cc(C(F)(F)F)cc(C(F)(F)F)c4)cccc3[CH]2[Hf]([CH3])([CH3])[CH]2C1=Cc1c(-c3cc(C(F)(F)F)cc(C(F)(F)F)c3)cccc12. The van der Waals surface area contributed by atoms with Gasteiger partial charge in [-0.15, -0.1) is 0 Å². The molecule has 1 fully saturated rings. The van der Waals surface area contributed by atoms with Gasteiger partial charge in [0, 0.05) is 0 Å². The second-order valence-corrected chi connectivity index (χ2v) is 36.4. The Morgan fingerprint density at radius 1 is 0.481 bits per heavy atom. The maximum atomic E-state index is 13.8. The molecule has 7 rings (SSSR count). The Hall–Kier alpha value is -3.39. The molecule has 14 heteroatoms. The molecule has 52 heavy (non-hydrogen) atoms. The van der Waals surface area contributed by atoms with Crippen molar-refractivity contribution in [2.45, 2.75) is 54.5 Å². The van der Waals surface area contributed by atoms with Crippen molar-refractivity contribution in [1.82, 2.24) is 0 Å². The number of halogens is 12. The number of hydrogen-bond donors (Lipinski definition) is 0. The molecule has 2 unspecified atom stereocenters. The van der Waals surface area contributed by atoms with Crippen LogP contribution in [0.5, 0.6) is 0 Å². The van der Waals surface area contributed by atoms with E-state index >= 15 is 0 Å². The van der Waals surface area contributed by atoms with Crippen LogP contribution in [-0.2, 0) is 44.7 Å². The Morgan fingerprint density at radius 2 is 0.788 bits per heavy atom. The van der Waals surface area contributed by atoms with Gasteiger partial charge in [-0.05, 0) is 0 Å². The van der Waals surface area contributed by atoms with Gasteiger partial charge in [0.25, 0.3) is 0 Å². The molecule has 4 aromatic rings. The van der Waals surface area contributed by atoms with E-state index in [0.717, 1.165) is 45.8 Å². The summed E-state index contributed by atoms with van der Waals surface area (Å²) in [6, 6.07) is 13.2. The van der Waals surface area contributed by atoms with Gasteiger partial charge in [-0.1, -0.05) is 0 Å². The molecule has 0 N–H and O–H groups in total. The molecule has 0 radical (unpaired) electrons. The molecule has 272 valence electrons. The van der Waals surface area contributed by atoms with E-state index in [0.29, 0.717) is 11.1 Å². The summed E-state index contributed by atoms with van der Waals surface area (Å²) in [4.78, 5) is 0. The normalized spacial score (nSPS) is 20.5. The average molecular weight is 919 g/mol. The van der Waals surface area contributed by atoms with Crippen molar-refractivity contribution in [1.29, 1.82) is 0 Å². The monoisotopic (exact) mass is 920 g/mol. The quantitative estimate of drug-likeness (QED) is 0.139. The summed E-state index contributed by atoms with van der Waals surface area (Å²) in [6.45, 7) is 4.17. The van der Waals surface area contributed by atoms with Crippen LogP contribution in [0.1, 0.15) is 51.9 Å². The summed E-state index contributed by atoms with van der Waals surface area (Å²) in [6.07, 6.45) is -16.2. The van der Waals surface area contributed by atoms with Crippen LogP contribution in [0.2, 0.25) is 22.5 Å². The minimum absolute atomic E-state index is 0.101. The molecule has 3 aliphatic rings. The van der Waals surface area contributed by atoms with E-state index in [9.17, 15) is 52.7 Å². The van der Waals surface area contributed by atoms with Gasteiger partial charge < -0.3 is 0 Å². The molecular formula is C38H28F12HfSi. The van der Waals surface area contributed by atoms with Crippen molar-refractivity contribution < 1.29 is 72.7 Å². The molecule has 1 heterocycles. The van der Waals surface area contributed by atoms with Crippen LogP contribution in [0, 0.1) is 0 Å². The molecule has 0 saturated carbocycles. The zero-order valence-electron chi connectivity index (χ0n) is 27.8. The van der Waals surface area contributed by atoms with Crippen molar-refractivity contribution in [3.63, 3.8) is 0 Å². The van der Waals surface area contributed by atoms with Crippen molar-refractivity contribution in [2.24, 2.45) is 0 Å². The molecule has 0 aromatic heterocycles. The van der Waals surface area contributed by atoms with Crippen LogP contribution < -0.4 is 0 Å². The van der Waals surface area contributed by atoms with Crippen LogP contribution in [0.3, 0.4) is 0 Å². The molecule has 2 atom stereocenters. The minimum atomic E-state index is -5.02. The van der Waals surface area contributed by atoms with Crippen molar-refractivity contribution in [3.05, 3.63) is 128 Å². The predicted octanol–water partition coefficient (Wildman–Crippen LogP) is 13.7. The van der Waals surface area contributed by atoms with Gasteiger partial charge in [0.1, 0.15) is 0 Å². The van der Waals surface area contributed by atoms with Gasteiger partial charge in [-0.3, -0.25) is 0 Å². The number of hydrogen-bond acceptors (Lipinski definition) is 0. The predicted molar refractivity (Wildman–Crippen MR) is 174 cm³/mol. The molecule has 0 nitrogen and oxygen atoms in total. The van der Waals surface area contributed by atoms with Gasteiger partial charge in [0.05, 0.1) is 0 Å². The van der Waals surface area contributed by atoms with Gasteiger partial charge >= 0.3 is 297 Å². The van der Waals surface area contributed by atoms with Gasteiger partial charge in [0.15, 0.2) is 0 Å². The van der Waals surface area contributed by atoms with E-state index in [4.69, 9.17) is 0 Å². The van der Waals surface area contributed by atoms with Gasteiger partial charge in [-0.25, -0.2) is 0 Å². The van der Waals surface area contributed by atoms with Crippen LogP contribution in [0.4, 0.5) is 52.7 Å². The fraction of sp³-hybridized carbons (Fsp3) is 0.263. The molecule has 4 aromatic carbocycles. The third-order valence-electron chi connectivity index (χ3n) is 10.9. The second kappa shape index (κ2) is 11.6. The summed E-state index contributed by atoms with van der Waals surface area (Å²) in [5.41, 5.74) is -2.80. The second-order valence-electron chi connectivity index (χ2n) is 14.7. The fourth-order valence-electron chi connectivity index (χ4n) is 8.55. The molecule has 0 spiro atoms. The third kappa shape index (κ3) is 5.86. The summed E-state index contributed by atoms with van der Waals surface area (Å²) in [5.74, 6) is 0. The Morgan fingerprint density at radius 3 is 1.08 bits per heavy atom. The zero-order chi connectivity index (χ0) is 38.1. The first kappa shape index (κ1) is 36.9. The van der Waals surface area contributed by atoms with E-state index in [1.807, 2.05) is 24.3 Å². The number of alkyl halides is 12. The summed E-state index contributed by atoms with van der Waals surface area (Å²) in [5, 5.41) is 2.14. The first-order chi connectivity index (χ1) is 23.8.